The lowest BCUT2D eigenvalue weighted by atomic mass is 10.2. The molecule has 2 aromatic rings. The normalized spacial score (nSPS) is 10.3. The van der Waals surface area contributed by atoms with E-state index in [0.717, 1.165) is 0 Å². The second kappa shape index (κ2) is 5.05. The lowest BCUT2D eigenvalue weighted by molar-refractivity contribution is -0.115. The molecule has 0 aliphatic heterocycles. The smallest absolute Gasteiger partial charge is 0.230 e. The van der Waals surface area contributed by atoms with Crippen LogP contribution in [0.15, 0.2) is 23.6 Å². The Labute approximate surface area is 108 Å². The minimum atomic E-state index is -0.235. The molecule has 0 aliphatic carbocycles. The monoisotopic (exact) mass is 263 g/mol. The highest BCUT2D eigenvalue weighted by Crippen LogP contribution is 2.26. The van der Waals surface area contributed by atoms with Crippen LogP contribution in [-0.2, 0) is 11.2 Å². The molecule has 0 fully saturated rings. The van der Waals surface area contributed by atoms with Crippen molar-refractivity contribution in [2.75, 3.05) is 11.1 Å². The first kappa shape index (κ1) is 12.4. The van der Waals surface area contributed by atoms with Crippen LogP contribution in [0, 0.1) is 6.92 Å². The molecule has 2 rings (SSSR count). The minimum absolute atomic E-state index is 0.0867. The van der Waals surface area contributed by atoms with Gasteiger partial charge in [-0.25, -0.2) is 4.98 Å². The average molecular weight is 263 g/mol. The van der Waals surface area contributed by atoms with Crippen LogP contribution in [0.2, 0.25) is 0 Å². The topological polar surface area (TPSA) is 88.2 Å². The lowest BCUT2D eigenvalue weighted by Gasteiger charge is -2.08. The van der Waals surface area contributed by atoms with Crippen LogP contribution in [0.4, 0.5) is 10.8 Å². The number of thiazole rings is 1. The van der Waals surface area contributed by atoms with Crippen molar-refractivity contribution in [3.05, 3.63) is 34.8 Å². The molecule has 4 N–H and O–H groups in total. The Morgan fingerprint density at radius 2 is 2.33 bits per heavy atom. The highest BCUT2D eigenvalue weighted by atomic mass is 32.1. The number of nitrogen functional groups attached to an aromatic ring is 1. The SMILES string of the molecule is Cc1cccc(NC(=O)Cc2csc(N)n2)c1O. The molecule has 0 saturated carbocycles. The standard InChI is InChI=1S/C12H13N3O2S/c1-7-3-2-4-9(11(7)17)15-10(16)5-8-6-18-12(13)14-8/h2-4,6,17H,5H2,1H3,(H2,13,14)(H,15,16). The van der Waals surface area contributed by atoms with Crippen LogP contribution >= 0.6 is 11.3 Å². The van der Waals surface area contributed by atoms with Gasteiger partial charge in [-0.2, -0.15) is 0 Å². The van der Waals surface area contributed by atoms with E-state index in [1.54, 1.807) is 30.5 Å². The third-order valence-corrected chi connectivity index (χ3v) is 3.15. The molecule has 0 saturated heterocycles. The number of aryl methyl sites for hydroxylation is 1. The molecular weight excluding hydrogens is 250 g/mol. The summed E-state index contributed by atoms with van der Waals surface area (Å²) < 4.78 is 0. The number of carbonyl (C=O) groups is 1. The van der Waals surface area contributed by atoms with Crippen molar-refractivity contribution in [1.82, 2.24) is 4.98 Å². The molecular formula is C12H13N3O2S. The summed E-state index contributed by atoms with van der Waals surface area (Å²) in [6, 6.07) is 5.19. The predicted octanol–water partition coefficient (Wildman–Crippen LogP) is 1.92. The van der Waals surface area contributed by atoms with Crippen molar-refractivity contribution in [2.45, 2.75) is 13.3 Å². The highest BCUT2D eigenvalue weighted by Gasteiger charge is 2.10. The molecule has 0 atom stereocenters. The van der Waals surface area contributed by atoms with Gasteiger partial charge in [0, 0.05) is 5.38 Å². The van der Waals surface area contributed by atoms with Crippen LogP contribution in [0.25, 0.3) is 0 Å². The van der Waals surface area contributed by atoms with E-state index in [0.29, 0.717) is 22.1 Å². The Morgan fingerprint density at radius 1 is 1.56 bits per heavy atom. The molecule has 6 heteroatoms. The number of aromatic nitrogens is 1. The third kappa shape index (κ3) is 2.78. The van der Waals surface area contributed by atoms with Crippen LogP contribution < -0.4 is 11.1 Å². The molecule has 5 nitrogen and oxygen atoms in total. The van der Waals surface area contributed by atoms with E-state index in [1.807, 2.05) is 0 Å². The number of hydrogen-bond acceptors (Lipinski definition) is 5. The number of phenols is 1. The maximum Gasteiger partial charge on any atom is 0.230 e. The number of benzene rings is 1. The van der Waals surface area contributed by atoms with Gasteiger partial charge >= 0.3 is 0 Å². The summed E-state index contributed by atoms with van der Waals surface area (Å²) in [6.07, 6.45) is 0.140. The first-order valence-electron chi connectivity index (χ1n) is 5.34. The number of rotatable bonds is 3. The molecule has 0 spiro atoms. The van der Waals surface area contributed by atoms with Gasteiger partial charge in [-0.05, 0) is 18.6 Å². The van der Waals surface area contributed by atoms with Crippen LogP contribution in [0.3, 0.4) is 0 Å². The van der Waals surface area contributed by atoms with Gasteiger partial charge in [0.05, 0.1) is 17.8 Å². The number of amides is 1. The lowest BCUT2D eigenvalue weighted by Crippen LogP contribution is -2.14. The average Bonchev–Trinajstić information content (AvgIpc) is 2.70. The third-order valence-electron chi connectivity index (χ3n) is 2.42. The van der Waals surface area contributed by atoms with Gasteiger partial charge in [-0.1, -0.05) is 12.1 Å². The Morgan fingerprint density at radius 3 is 3.00 bits per heavy atom. The Balaban J connectivity index is 2.05. The van der Waals surface area contributed by atoms with E-state index >= 15 is 0 Å². The fourth-order valence-corrected chi connectivity index (χ4v) is 2.09. The minimum Gasteiger partial charge on any atom is -0.505 e. The van der Waals surface area contributed by atoms with Crippen molar-refractivity contribution >= 4 is 28.1 Å². The number of nitrogens with two attached hydrogens (primary N) is 1. The van der Waals surface area contributed by atoms with Crippen molar-refractivity contribution < 1.29 is 9.90 Å². The van der Waals surface area contributed by atoms with E-state index in [1.165, 1.54) is 11.3 Å². The second-order valence-electron chi connectivity index (χ2n) is 3.87. The Hall–Kier alpha value is -2.08. The molecule has 0 aliphatic rings. The van der Waals surface area contributed by atoms with Gasteiger partial charge in [-0.15, -0.1) is 11.3 Å². The largest absolute Gasteiger partial charge is 0.505 e. The molecule has 18 heavy (non-hydrogen) atoms. The van der Waals surface area contributed by atoms with Crippen molar-refractivity contribution in [3.8, 4) is 5.75 Å². The summed E-state index contributed by atoms with van der Waals surface area (Å²) in [5.74, 6) is -0.148. The highest BCUT2D eigenvalue weighted by molar-refractivity contribution is 7.13. The second-order valence-corrected chi connectivity index (χ2v) is 4.76. The number of para-hydroxylation sites is 1. The number of phenolic OH excluding ortho intramolecular Hbond substituents is 1. The molecule has 1 aromatic carbocycles. The molecule has 0 unspecified atom stereocenters. The van der Waals surface area contributed by atoms with Gasteiger partial charge < -0.3 is 16.2 Å². The number of nitrogens with zero attached hydrogens (tertiary/aromatic N) is 1. The van der Waals surface area contributed by atoms with Gasteiger partial charge in [-0.3, -0.25) is 4.79 Å². The summed E-state index contributed by atoms with van der Waals surface area (Å²) in [6.45, 7) is 1.77. The van der Waals surface area contributed by atoms with Crippen molar-refractivity contribution in [1.29, 1.82) is 0 Å². The quantitative estimate of drug-likeness (QED) is 0.738. The summed E-state index contributed by atoms with van der Waals surface area (Å²) >= 11 is 1.30. The summed E-state index contributed by atoms with van der Waals surface area (Å²) in [5, 5.41) is 14.6. The molecule has 1 aromatic heterocycles. The van der Waals surface area contributed by atoms with Crippen LogP contribution in [-0.4, -0.2) is 16.0 Å². The zero-order valence-corrected chi connectivity index (χ0v) is 10.6. The summed E-state index contributed by atoms with van der Waals surface area (Å²) in [5.41, 5.74) is 7.23. The van der Waals surface area contributed by atoms with Gasteiger partial charge in [0.1, 0.15) is 5.75 Å². The van der Waals surface area contributed by atoms with Gasteiger partial charge in [0.15, 0.2) is 5.13 Å². The van der Waals surface area contributed by atoms with Gasteiger partial charge in [0.25, 0.3) is 0 Å². The predicted molar refractivity (Wildman–Crippen MR) is 71.7 cm³/mol. The van der Waals surface area contributed by atoms with E-state index in [9.17, 15) is 9.90 Å². The van der Waals surface area contributed by atoms with E-state index < -0.39 is 0 Å². The number of anilines is 2. The van der Waals surface area contributed by atoms with Crippen molar-refractivity contribution in [3.63, 3.8) is 0 Å². The van der Waals surface area contributed by atoms with Crippen LogP contribution in [0.5, 0.6) is 5.75 Å². The molecule has 1 heterocycles. The fourth-order valence-electron chi connectivity index (χ4n) is 1.52. The summed E-state index contributed by atoms with van der Waals surface area (Å²) in [4.78, 5) is 15.8. The van der Waals surface area contributed by atoms with Gasteiger partial charge in [0.2, 0.25) is 5.91 Å². The molecule has 0 radical (unpaired) electrons. The maximum atomic E-state index is 11.8. The van der Waals surface area contributed by atoms with Crippen LogP contribution in [0.1, 0.15) is 11.3 Å². The van der Waals surface area contributed by atoms with Crippen molar-refractivity contribution in [2.24, 2.45) is 0 Å². The van der Waals surface area contributed by atoms with E-state index in [-0.39, 0.29) is 18.1 Å². The first-order valence-corrected chi connectivity index (χ1v) is 6.22. The number of aromatic hydroxyl groups is 1. The fraction of sp³-hybridized carbons (Fsp3) is 0.167. The summed E-state index contributed by atoms with van der Waals surface area (Å²) in [7, 11) is 0. The molecule has 1 amide bonds. The zero-order chi connectivity index (χ0) is 13.1. The molecule has 0 bridgehead atoms. The first-order chi connectivity index (χ1) is 8.56. The molecule has 94 valence electrons. The van der Waals surface area contributed by atoms with E-state index in [4.69, 9.17) is 5.73 Å². The number of nitrogens with one attached hydrogen (secondary N) is 1. The number of hydrogen-bond donors (Lipinski definition) is 3. The number of carbonyl (C=O) groups excluding carboxylic acids is 1. The Bertz CT molecular complexity index is 580. The van der Waals surface area contributed by atoms with E-state index in [2.05, 4.69) is 10.3 Å². The Kier molecular flexibility index (Phi) is 3.47. The maximum absolute atomic E-state index is 11.8. The zero-order valence-electron chi connectivity index (χ0n) is 9.80.